The van der Waals surface area contributed by atoms with Crippen molar-refractivity contribution in [3.8, 4) is 5.75 Å². The molecule has 0 aromatic heterocycles. The lowest BCUT2D eigenvalue weighted by Crippen LogP contribution is -2.51. The van der Waals surface area contributed by atoms with Gasteiger partial charge in [0.05, 0.1) is 5.02 Å². The largest absolute Gasteiger partial charge is 0.482 e. The number of nitrogens with zero attached hydrogens (tertiary/aromatic N) is 1. The number of carbonyl (C=O) groups is 2. The van der Waals surface area contributed by atoms with Crippen LogP contribution in [-0.4, -0.2) is 35.4 Å². The first-order valence-electron chi connectivity index (χ1n) is 9.74. The van der Waals surface area contributed by atoms with Crippen LogP contribution in [0.2, 0.25) is 15.1 Å². The molecule has 0 saturated carbocycles. The van der Waals surface area contributed by atoms with Crippen LogP contribution in [0.4, 0.5) is 0 Å². The van der Waals surface area contributed by atoms with Gasteiger partial charge in [0, 0.05) is 32.7 Å². The molecule has 2 aromatic carbocycles. The van der Waals surface area contributed by atoms with Crippen LogP contribution in [0.25, 0.3) is 0 Å². The molecule has 1 atom stereocenters. The molecular formula is C22H24BrCl3N2O3. The number of halogens is 4. The van der Waals surface area contributed by atoms with Crippen LogP contribution < -0.4 is 10.1 Å². The number of hydrogen-bond donors (Lipinski definition) is 1. The van der Waals surface area contributed by atoms with E-state index in [1.54, 1.807) is 36.4 Å². The maximum Gasteiger partial charge on any atom is 0.261 e. The molecule has 9 heteroatoms. The van der Waals surface area contributed by atoms with Crippen LogP contribution in [0, 0.1) is 0 Å². The molecule has 2 rings (SSSR count). The second-order valence-electron chi connectivity index (χ2n) is 7.17. The van der Waals surface area contributed by atoms with E-state index < -0.39 is 6.04 Å². The Hall–Kier alpha value is -1.47. The zero-order chi connectivity index (χ0) is 23.1. The van der Waals surface area contributed by atoms with E-state index in [9.17, 15) is 9.59 Å². The van der Waals surface area contributed by atoms with E-state index in [0.717, 1.165) is 4.47 Å². The highest BCUT2D eigenvalue weighted by molar-refractivity contribution is 9.10. The Morgan fingerprint density at radius 1 is 1.10 bits per heavy atom. The summed E-state index contributed by atoms with van der Waals surface area (Å²) >= 11 is 22.2. The Morgan fingerprint density at radius 2 is 1.74 bits per heavy atom. The summed E-state index contributed by atoms with van der Waals surface area (Å²) in [6.07, 6.45) is 0.408. The standard InChI is InChI=1S/C22H24BrCl3N2O3/c1-4-19(22(30)27-13(2)3)28(11-15-16(24)6-5-7-17(15)25)21(29)12-31-20-9-8-14(23)10-18(20)26/h5-10,13,19H,4,11-12H2,1-3H3,(H,27,30)/t19-/m1/s1. The average Bonchev–Trinajstić information content (AvgIpc) is 2.68. The van der Waals surface area contributed by atoms with Crippen molar-refractivity contribution in [3.05, 3.63) is 61.5 Å². The van der Waals surface area contributed by atoms with Crippen molar-refractivity contribution in [3.63, 3.8) is 0 Å². The van der Waals surface area contributed by atoms with E-state index in [1.807, 2.05) is 20.8 Å². The number of rotatable bonds is 9. The van der Waals surface area contributed by atoms with E-state index in [4.69, 9.17) is 39.5 Å². The first-order valence-corrected chi connectivity index (χ1v) is 11.7. The summed E-state index contributed by atoms with van der Waals surface area (Å²) in [6.45, 7) is 5.33. The summed E-state index contributed by atoms with van der Waals surface area (Å²) in [5, 5.41) is 4.07. The van der Waals surface area contributed by atoms with Gasteiger partial charge in [-0.15, -0.1) is 0 Å². The van der Waals surface area contributed by atoms with Crippen LogP contribution in [-0.2, 0) is 16.1 Å². The molecule has 0 spiro atoms. The monoisotopic (exact) mass is 548 g/mol. The molecule has 2 aromatic rings. The predicted octanol–water partition coefficient (Wildman–Crippen LogP) is 6.12. The molecule has 0 aliphatic carbocycles. The molecular weight excluding hydrogens is 527 g/mol. The normalized spacial score (nSPS) is 11.9. The molecule has 168 valence electrons. The maximum atomic E-state index is 13.2. The van der Waals surface area contributed by atoms with Crippen LogP contribution >= 0.6 is 50.7 Å². The van der Waals surface area contributed by atoms with Crippen molar-refractivity contribution < 1.29 is 14.3 Å². The van der Waals surface area contributed by atoms with Gasteiger partial charge in [-0.3, -0.25) is 9.59 Å². The van der Waals surface area contributed by atoms with Crippen LogP contribution in [0.1, 0.15) is 32.8 Å². The summed E-state index contributed by atoms with van der Waals surface area (Å²) in [7, 11) is 0. The summed E-state index contributed by atoms with van der Waals surface area (Å²) in [5.74, 6) is -0.273. The van der Waals surface area contributed by atoms with Crippen molar-refractivity contribution in [2.45, 2.75) is 45.8 Å². The highest BCUT2D eigenvalue weighted by atomic mass is 79.9. The van der Waals surface area contributed by atoms with Gasteiger partial charge in [0.15, 0.2) is 6.61 Å². The summed E-state index contributed by atoms with van der Waals surface area (Å²) in [6, 6.07) is 9.42. The number of amides is 2. The first-order chi connectivity index (χ1) is 14.6. The highest BCUT2D eigenvalue weighted by Gasteiger charge is 2.30. The Balaban J connectivity index is 2.30. The minimum Gasteiger partial charge on any atom is -0.482 e. The number of carbonyl (C=O) groups excluding carboxylic acids is 2. The third kappa shape index (κ3) is 7.28. The molecule has 0 bridgehead atoms. The van der Waals surface area contributed by atoms with Crippen molar-refractivity contribution >= 4 is 62.5 Å². The van der Waals surface area contributed by atoms with Crippen molar-refractivity contribution in [2.24, 2.45) is 0 Å². The van der Waals surface area contributed by atoms with Gasteiger partial charge in [-0.1, -0.05) is 63.7 Å². The fourth-order valence-electron chi connectivity index (χ4n) is 2.97. The Kier molecular flexibility index (Phi) is 9.94. The molecule has 5 nitrogen and oxygen atoms in total. The lowest BCUT2D eigenvalue weighted by molar-refractivity contribution is -0.143. The van der Waals surface area contributed by atoms with Crippen molar-refractivity contribution in [2.75, 3.05) is 6.61 Å². The third-order valence-electron chi connectivity index (χ3n) is 4.45. The summed E-state index contributed by atoms with van der Waals surface area (Å²) in [5.41, 5.74) is 0.566. The zero-order valence-electron chi connectivity index (χ0n) is 17.4. The van der Waals surface area contributed by atoms with Gasteiger partial charge in [-0.2, -0.15) is 0 Å². The lowest BCUT2D eigenvalue weighted by Gasteiger charge is -2.31. The highest BCUT2D eigenvalue weighted by Crippen LogP contribution is 2.29. The smallest absolute Gasteiger partial charge is 0.261 e. The van der Waals surface area contributed by atoms with Gasteiger partial charge in [-0.25, -0.2) is 0 Å². The Morgan fingerprint density at radius 3 is 2.29 bits per heavy atom. The molecule has 0 fully saturated rings. The second kappa shape index (κ2) is 12.0. The van der Waals surface area contributed by atoms with Gasteiger partial charge < -0.3 is 15.0 Å². The number of benzene rings is 2. The zero-order valence-corrected chi connectivity index (χ0v) is 21.3. The van der Waals surface area contributed by atoms with E-state index in [2.05, 4.69) is 21.2 Å². The third-order valence-corrected chi connectivity index (χ3v) is 5.95. The van der Waals surface area contributed by atoms with Gasteiger partial charge in [-0.05, 0) is 50.6 Å². The van der Waals surface area contributed by atoms with E-state index in [-0.39, 0.29) is 31.0 Å². The molecule has 0 saturated heterocycles. The summed E-state index contributed by atoms with van der Waals surface area (Å²) in [4.78, 5) is 27.5. The molecule has 1 N–H and O–H groups in total. The first kappa shape index (κ1) is 25.8. The fourth-order valence-corrected chi connectivity index (χ4v) is 4.21. The van der Waals surface area contributed by atoms with Crippen LogP contribution in [0.5, 0.6) is 5.75 Å². The number of nitrogens with one attached hydrogen (secondary N) is 1. The quantitative estimate of drug-likeness (QED) is 0.409. The SMILES string of the molecule is CC[C@H](C(=O)NC(C)C)N(Cc1c(Cl)cccc1Cl)C(=O)COc1ccc(Br)cc1Cl. The molecule has 31 heavy (non-hydrogen) atoms. The molecule has 0 radical (unpaired) electrons. The van der Waals surface area contributed by atoms with Crippen molar-refractivity contribution in [1.29, 1.82) is 0 Å². The maximum absolute atomic E-state index is 13.2. The van der Waals surface area contributed by atoms with Gasteiger partial charge >= 0.3 is 0 Å². The topological polar surface area (TPSA) is 58.6 Å². The number of hydrogen-bond acceptors (Lipinski definition) is 3. The van der Waals surface area contributed by atoms with Crippen LogP contribution in [0.3, 0.4) is 0 Å². The Labute approximate surface area is 206 Å². The molecule has 0 aliphatic heterocycles. The van der Waals surface area contributed by atoms with Crippen LogP contribution in [0.15, 0.2) is 40.9 Å². The van der Waals surface area contributed by atoms with Crippen molar-refractivity contribution in [1.82, 2.24) is 10.2 Å². The van der Waals surface area contributed by atoms with E-state index in [1.165, 1.54) is 4.90 Å². The van der Waals surface area contributed by atoms with E-state index in [0.29, 0.717) is 32.8 Å². The molecule has 0 unspecified atom stereocenters. The molecule has 0 aliphatic rings. The number of ether oxygens (including phenoxy) is 1. The fraction of sp³-hybridized carbons (Fsp3) is 0.364. The van der Waals surface area contributed by atoms with Gasteiger partial charge in [0.1, 0.15) is 11.8 Å². The van der Waals surface area contributed by atoms with Gasteiger partial charge in [0.2, 0.25) is 5.91 Å². The predicted molar refractivity (Wildman–Crippen MR) is 129 cm³/mol. The molecule has 2 amide bonds. The summed E-state index contributed by atoms with van der Waals surface area (Å²) < 4.78 is 6.44. The van der Waals surface area contributed by atoms with Gasteiger partial charge in [0.25, 0.3) is 5.91 Å². The average molecular weight is 551 g/mol. The minimum atomic E-state index is -0.716. The second-order valence-corrected chi connectivity index (χ2v) is 9.31. The van der Waals surface area contributed by atoms with E-state index >= 15 is 0 Å². The lowest BCUT2D eigenvalue weighted by atomic mass is 10.1. The molecule has 0 heterocycles. The minimum absolute atomic E-state index is 0.0682. The Bertz CT molecular complexity index is 920.